The number of H-pyrrole nitrogens is 2. The third-order valence-corrected chi connectivity index (χ3v) is 7.11. The summed E-state index contributed by atoms with van der Waals surface area (Å²) in [7, 11) is 0. The minimum atomic E-state index is -0.102. The van der Waals surface area contributed by atoms with E-state index in [1.54, 1.807) is 36.1 Å². The first kappa shape index (κ1) is 23.9. The monoisotopic (exact) mass is 522 g/mol. The van der Waals surface area contributed by atoms with Crippen molar-refractivity contribution in [2.75, 3.05) is 5.32 Å². The van der Waals surface area contributed by atoms with Crippen LogP contribution >= 0.6 is 11.3 Å². The van der Waals surface area contributed by atoms with Crippen LogP contribution in [0.4, 0.5) is 5.69 Å². The summed E-state index contributed by atoms with van der Waals surface area (Å²) in [5.74, 6) is 0.575. The molecule has 0 aliphatic heterocycles. The lowest BCUT2D eigenvalue weighted by molar-refractivity contribution is -0.117. The Kier molecular flexibility index (Phi) is 5.76. The molecule has 190 valence electrons. The highest BCUT2D eigenvalue weighted by Gasteiger charge is 2.18. The fourth-order valence-electron chi connectivity index (χ4n) is 4.40. The molecule has 9 nitrogen and oxygen atoms in total. The number of aromatic nitrogens is 7. The molecular formula is C28H26N8OS. The minimum Gasteiger partial charge on any atom is -0.335 e. The number of nitrogens with one attached hydrogen (secondary N) is 3. The first-order valence-corrected chi connectivity index (χ1v) is 13.1. The van der Waals surface area contributed by atoms with Crippen LogP contribution in [0.5, 0.6) is 0 Å². The molecule has 6 aromatic rings. The van der Waals surface area contributed by atoms with Gasteiger partial charge < -0.3 is 10.3 Å². The van der Waals surface area contributed by atoms with Crippen LogP contribution in [0.2, 0.25) is 0 Å². The molecule has 38 heavy (non-hydrogen) atoms. The van der Waals surface area contributed by atoms with E-state index in [0.717, 1.165) is 32.4 Å². The molecule has 0 spiro atoms. The van der Waals surface area contributed by atoms with Crippen LogP contribution in [0.3, 0.4) is 0 Å². The van der Waals surface area contributed by atoms with Crippen molar-refractivity contribution >= 4 is 45.0 Å². The number of pyridine rings is 3. The third kappa shape index (κ3) is 4.66. The van der Waals surface area contributed by atoms with Gasteiger partial charge >= 0.3 is 0 Å². The number of imidazole rings is 1. The van der Waals surface area contributed by atoms with Crippen molar-refractivity contribution in [1.29, 1.82) is 0 Å². The lowest BCUT2D eigenvalue weighted by atomic mass is 9.92. The summed E-state index contributed by atoms with van der Waals surface area (Å²) in [6, 6.07) is 10.1. The zero-order valence-electron chi connectivity index (χ0n) is 21.5. The van der Waals surface area contributed by atoms with E-state index in [0.29, 0.717) is 35.0 Å². The van der Waals surface area contributed by atoms with Gasteiger partial charge in [-0.05, 0) is 42.7 Å². The Morgan fingerprint density at radius 2 is 1.95 bits per heavy atom. The smallest absolute Gasteiger partial charge is 0.224 e. The van der Waals surface area contributed by atoms with E-state index in [2.05, 4.69) is 54.5 Å². The van der Waals surface area contributed by atoms with Gasteiger partial charge in [0.1, 0.15) is 5.69 Å². The van der Waals surface area contributed by atoms with Gasteiger partial charge in [-0.3, -0.25) is 19.9 Å². The molecule has 0 aliphatic rings. The number of thiophene rings is 1. The lowest BCUT2D eigenvalue weighted by Gasteiger charge is -2.17. The molecule has 6 heterocycles. The van der Waals surface area contributed by atoms with Gasteiger partial charge in [0.25, 0.3) is 0 Å². The molecule has 0 aromatic carbocycles. The Labute approximate surface area is 222 Å². The average molecular weight is 523 g/mol. The Morgan fingerprint density at radius 1 is 1.08 bits per heavy atom. The van der Waals surface area contributed by atoms with Crippen molar-refractivity contribution in [2.24, 2.45) is 5.41 Å². The van der Waals surface area contributed by atoms with Crippen LogP contribution in [0.25, 0.3) is 55.3 Å². The maximum atomic E-state index is 12.4. The zero-order chi connectivity index (χ0) is 26.4. The number of hydrogen-bond acceptors (Lipinski definition) is 7. The summed E-state index contributed by atoms with van der Waals surface area (Å²) < 4.78 is 0. The van der Waals surface area contributed by atoms with Crippen molar-refractivity contribution in [3.05, 3.63) is 60.0 Å². The van der Waals surface area contributed by atoms with Crippen molar-refractivity contribution in [3.63, 3.8) is 0 Å². The van der Waals surface area contributed by atoms with Gasteiger partial charge in [0, 0.05) is 45.1 Å². The molecule has 0 saturated carbocycles. The number of amides is 1. The van der Waals surface area contributed by atoms with Gasteiger partial charge in [0.15, 0.2) is 11.5 Å². The van der Waals surface area contributed by atoms with Gasteiger partial charge in [0.2, 0.25) is 5.91 Å². The number of aromatic amines is 2. The molecule has 6 aromatic heterocycles. The Hall–Kier alpha value is -4.44. The van der Waals surface area contributed by atoms with E-state index in [-0.39, 0.29) is 11.3 Å². The summed E-state index contributed by atoms with van der Waals surface area (Å²) >= 11 is 1.73. The van der Waals surface area contributed by atoms with E-state index in [9.17, 15) is 4.79 Å². The van der Waals surface area contributed by atoms with Crippen LogP contribution in [-0.2, 0) is 4.79 Å². The number of hydrogen-bond donors (Lipinski definition) is 3. The number of rotatable bonds is 5. The number of fused-ring (bicyclic) bond motifs is 2. The van der Waals surface area contributed by atoms with Crippen molar-refractivity contribution in [1.82, 2.24) is 35.1 Å². The molecule has 6 rings (SSSR count). The summed E-state index contributed by atoms with van der Waals surface area (Å²) in [5.41, 5.74) is 6.06. The molecule has 0 unspecified atom stereocenters. The van der Waals surface area contributed by atoms with Gasteiger partial charge in [-0.25, -0.2) is 9.97 Å². The van der Waals surface area contributed by atoms with Crippen LogP contribution < -0.4 is 5.32 Å². The van der Waals surface area contributed by atoms with E-state index in [1.807, 2.05) is 39.0 Å². The van der Waals surface area contributed by atoms with Crippen LogP contribution in [0.15, 0.2) is 55.1 Å². The first-order valence-electron chi connectivity index (χ1n) is 12.2. The SMILES string of the molecule is Cc1ccc(-c2ccnc3nc(-c4n[nH]c5cnc(-c6cncc(NC(=O)CC(C)(C)C)c6)cc45)[nH]c23)s1. The standard InChI is InChI=1S/C28H26N8OS/c1-15-5-6-22(38-15)18-7-8-30-26-24(18)33-27(34-26)25-19-10-20(31-14-21(19)35-36-25)16-9-17(13-29-12-16)32-23(37)11-28(2,3)4/h5-10,12-14H,11H2,1-4H3,(H,32,37)(H,35,36)(H,30,33,34). The zero-order valence-corrected chi connectivity index (χ0v) is 22.3. The summed E-state index contributed by atoms with van der Waals surface area (Å²) in [5, 5.41) is 11.4. The molecule has 0 bridgehead atoms. The molecule has 3 N–H and O–H groups in total. The topological polar surface area (TPSA) is 125 Å². The molecule has 0 atom stereocenters. The molecule has 0 fully saturated rings. The minimum absolute atomic E-state index is 0.0486. The van der Waals surface area contributed by atoms with E-state index >= 15 is 0 Å². The molecule has 0 radical (unpaired) electrons. The molecular weight excluding hydrogens is 496 g/mol. The first-order chi connectivity index (χ1) is 18.2. The maximum absolute atomic E-state index is 12.4. The van der Waals surface area contributed by atoms with Gasteiger partial charge in [-0.15, -0.1) is 11.3 Å². The Bertz CT molecular complexity index is 1810. The Balaban J connectivity index is 1.36. The molecule has 10 heteroatoms. The number of carbonyl (C=O) groups excluding carboxylic acids is 1. The van der Waals surface area contributed by atoms with Crippen molar-refractivity contribution in [3.8, 4) is 33.2 Å². The van der Waals surface area contributed by atoms with Crippen LogP contribution in [0, 0.1) is 12.3 Å². The van der Waals surface area contributed by atoms with E-state index in [1.165, 1.54) is 4.88 Å². The Morgan fingerprint density at radius 3 is 2.74 bits per heavy atom. The molecule has 0 saturated heterocycles. The number of aryl methyl sites for hydroxylation is 1. The van der Waals surface area contributed by atoms with E-state index in [4.69, 9.17) is 4.98 Å². The maximum Gasteiger partial charge on any atom is 0.224 e. The second kappa shape index (κ2) is 9.14. The normalized spacial score (nSPS) is 11.9. The second-order valence-corrected chi connectivity index (χ2v) is 11.8. The highest BCUT2D eigenvalue weighted by atomic mass is 32.1. The predicted molar refractivity (Wildman–Crippen MR) is 151 cm³/mol. The fraction of sp³-hybridized carbons (Fsp3) is 0.214. The molecule has 0 aliphatic carbocycles. The van der Waals surface area contributed by atoms with Crippen LogP contribution in [0.1, 0.15) is 32.1 Å². The highest BCUT2D eigenvalue weighted by molar-refractivity contribution is 7.15. The predicted octanol–water partition coefficient (Wildman–Crippen LogP) is 6.37. The number of carbonyl (C=O) groups is 1. The van der Waals surface area contributed by atoms with Gasteiger partial charge in [0.05, 0.1) is 34.8 Å². The fourth-order valence-corrected chi connectivity index (χ4v) is 5.30. The van der Waals surface area contributed by atoms with Crippen molar-refractivity contribution < 1.29 is 4.79 Å². The summed E-state index contributed by atoms with van der Waals surface area (Å²) in [6.07, 6.45) is 7.31. The number of nitrogens with zero attached hydrogens (tertiary/aromatic N) is 5. The average Bonchev–Trinajstić information content (AvgIpc) is 3.60. The third-order valence-electron chi connectivity index (χ3n) is 6.08. The lowest BCUT2D eigenvalue weighted by Crippen LogP contribution is -2.19. The number of anilines is 1. The largest absolute Gasteiger partial charge is 0.335 e. The summed E-state index contributed by atoms with van der Waals surface area (Å²) in [6.45, 7) is 8.19. The van der Waals surface area contributed by atoms with Crippen molar-refractivity contribution in [2.45, 2.75) is 34.1 Å². The second-order valence-electron chi connectivity index (χ2n) is 10.5. The highest BCUT2D eigenvalue weighted by Crippen LogP contribution is 2.34. The van der Waals surface area contributed by atoms with Gasteiger partial charge in [-0.2, -0.15) is 5.10 Å². The van der Waals surface area contributed by atoms with Crippen LogP contribution in [-0.4, -0.2) is 41.0 Å². The molecule has 1 amide bonds. The van der Waals surface area contributed by atoms with Gasteiger partial charge in [-0.1, -0.05) is 20.8 Å². The quantitative estimate of drug-likeness (QED) is 0.242. The summed E-state index contributed by atoms with van der Waals surface area (Å²) in [4.78, 5) is 36.4. The van der Waals surface area contributed by atoms with E-state index < -0.39 is 0 Å².